The Morgan fingerprint density at radius 3 is 2.59 bits per heavy atom. The zero-order valence-electron chi connectivity index (χ0n) is 14.7. The van der Waals surface area contributed by atoms with Gasteiger partial charge in [-0.2, -0.15) is 0 Å². The molecule has 0 saturated carbocycles. The highest BCUT2D eigenvalue weighted by Gasteiger charge is 2.40. The smallest absolute Gasteiger partial charge is 0.306 e. The SMILES string of the molecule is CC1c2nc3ccccc3n2C(CC(=O)O)C(=O)N1Cc1ccc(F)cc1. The number of hydrogen-bond donors (Lipinski definition) is 1. The Kier molecular flexibility index (Phi) is 4.14. The molecule has 3 aromatic rings. The Balaban J connectivity index is 1.80. The highest BCUT2D eigenvalue weighted by atomic mass is 19.1. The second kappa shape index (κ2) is 6.50. The van der Waals surface area contributed by atoms with Crippen molar-refractivity contribution in [3.8, 4) is 0 Å². The van der Waals surface area contributed by atoms with Gasteiger partial charge in [0.15, 0.2) is 0 Å². The van der Waals surface area contributed by atoms with Crippen molar-refractivity contribution < 1.29 is 19.1 Å². The first-order valence-electron chi connectivity index (χ1n) is 8.69. The van der Waals surface area contributed by atoms with E-state index in [-0.39, 0.29) is 30.7 Å². The number of imidazole rings is 1. The lowest BCUT2D eigenvalue weighted by Gasteiger charge is -2.38. The van der Waals surface area contributed by atoms with Gasteiger partial charge >= 0.3 is 5.97 Å². The summed E-state index contributed by atoms with van der Waals surface area (Å²) in [6, 6.07) is 12.1. The highest BCUT2D eigenvalue weighted by molar-refractivity contribution is 5.89. The van der Waals surface area contributed by atoms with Gasteiger partial charge < -0.3 is 14.6 Å². The van der Waals surface area contributed by atoms with E-state index in [1.54, 1.807) is 21.6 Å². The molecule has 6 nitrogen and oxygen atoms in total. The number of aromatic nitrogens is 2. The van der Waals surface area contributed by atoms with Gasteiger partial charge in [-0.1, -0.05) is 24.3 Å². The zero-order chi connectivity index (χ0) is 19.1. The molecule has 1 aromatic heterocycles. The number of carbonyl (C=O) groups is 2. The summed E-state index contributed by atoms with van der Waals surface area (Å²) in [6.07, 6.45) is -0.321. The van der Waals surface area contributed by atoms with Crippen molar-refractivity contribution in [2.75, 3.05) is 0 Å². The standard InChI is InChI=1S/C20H18FN3O3/c1-12-19-22-15-4-2-3-5-16(15)24(19)17(10-18(25)26)20(27)23(12)11-13-6-8-14(21)9-7-13/h2-9,12,17H,10-11H2,1H3,(H,25,26). The molecule has 0 saturated heterocycles. The van der Waals surface area contributed by atoms with Crippen molar-refractivity contribution >= 4 is 22.9 Å². The molecule has 2 heterocycles. The van der Waals surface area contributed by atoms with Crippen molar-refractivity contribution in [2.45, 2.75) is 32.0 Å². The molecule has 0 bridgehead atoms. The molecule has 0 fully saturated rings. The van der Waals surface area contributed by atoms with Crippen molar-refractivity contribution in [3.05, 3.63) is 65.7 Å². The van der Waals surface area contributed by atoms with Gasteiger partial charge in [0.25, 0.3) is 0 Å². The van der Waals surface area contributed by atoms with Gasteiger partial charge in [-0.3, -0.25) is 9.59 Å². The van der Waals surface area contributed by atoms with Crippen LogP contribution in [0.5, 0.6) is 0 Å². The fraction of sp³-hybridized carbons (Fsp3) is 0.250. The number of benzene rings is 2. The summed E-state index contributed by atoms with van der Waals surface area (Å²) in [5.74, 6) is -1.01. The number of rotatable bonds is 4. The van der Waals surface area contributed by atoms with E-state index in [9.17, 15) is 19.1 Å². The first-order chi connectivity index (χ1) is 13.0. The van der Waals surface area contributed by atoms with Gasteiger partial charge in [-0.05, 0) is 36.8 Å². The lowest BCUT2D eigenvalue weighted by molar-refractivity contribution is -0.147. The lowest BCUT2D eigenvalue weighted by atomic mass is 10.0. The second-order valence-electron chi connectivity index (χ2n) is 6.71. The van der Waals surface area contributed by atoms with Crippen LogP contribution < -0.4 is 0 Å². The molecular formula is C20H18FN3O3. The van der Waals surface area contributed by atoms with Crippen molar-refractivity contribution in [1.29, 1.82) is 0 Å². The molecule has 0 spiro atoms. The van der Waals surface area contributed by atoms with Crippen LogP contribution in [0.25, 0.3) is 11.0 Å². The fourth-order valence-electron chi connectivity index (χ4n) is 3.66. The van der Waals surface area contributed by atoms with Crippen LogP contribution in [0.1, 0.15) is 36.8 Å². The lowest BCUT2D eigenvalue weighted by Crippen LogP contribution is -2.45. The van der Waals surface area contributed by atoms with Crippen LogP contribution in [-0.2, 0) is 16.1 Å². The van der Waals surface area contributed by atoms with E-state index >= 15 is 0 Å². The molecule has 7 heteroatoms. The number of carboxylic acid groups (broad SMARTS) is 1. The number of carbonyl (C=O) groups excluding carboxylic acids is 1. The maximum Gasteiger partial charge on any atom is 0.306 e. The molecule has 0 radical (unpaired) electrons. The summed E-state index contributed by atoms with van der Waals surface area (Å²) >= 11 is 0. The summed E-state index contributed by atoms with van der Waals surface area (Å²) in [6.45, 7) is 2.13. The summed E-state index contributed by atoms with van der Waals surface area (Å²) in [5, 5.41) is 9.34. The highest BCUT2D eigenvalue weighted by Crippen LogP contribution is 2.37. The van der Waals surface area contributed by atoms with Crippen LogP contribution in [0.15, 0.2) is 48.5 Å². The van der Waals surface area contributed by atoms with E-state index in [0.29, 0.717) is 5.82 Å². The van der Waals surface area contributed by atoms with Crippen LogP contribution in [0.2, 0.25) is 0 Å². The number of amides is 1. The van der Waals surface area contributed by atoms with Gasteiger partial charge in [0.2, 0.25) is 5.91 Å². The molecular weight excluding hydrogens is 349 g/mol. The maximum atomic E-state index is 13.2. The quantitative estimate of drug-likeness (QED) is 0.768. The third-order valence-corrected chi connectivity index (χ3v) is 4.98. The molecule has 2 aromatic carbocycles. The molecule has 138 valence electrons. The van der Waals surface area contributed by atoms with Crippen LogP contribution in [0.3, 0.4) is 0 Å². The van der Waals surface area contributed by atoms with Crippen molar-refractivity contribution in [3.63, 3.8) is 0 Å². The normalized spacial score (nSPS) is 19.3. The molecule has 2 atom stereocenters. The van der Waals surface area contributed by atoms with E-state index in [2.05, 4.69) is 4.98 Å². The average Bonchev–Trinajstić information content (AvgIpc) is 3.03. The van der Waals surface area contributed by atoms with Gasteiger partial charge in [-0.25, -0.2) is 9.37 Å². The Labute approximate surface area is 154 Å². The van der Waals surface area contributed by atoms with E-state index in [1.807, 2.05) is 31.2 Å². The Hall–Kier alpha value is -3.22. The average molecular weight is 367 g/mol. The number of nitrogens with zero attached hydrogens (tertiary/aromatic N) is 3. The minimum atomic E-state index is -1.05. The number of para-hydroxylation sites is 2. The van der Waals surface area contributed by atoms with Gasteiger partial charge in [0.1, 0.15) is 17.7 Å². The third-order valence-electron chi connectivity index (χ3n) is 4.98. The van der Waals surface area contributed by atoms with E-state index < -0.39 is 12.0 Å². The van der Waals surface area contributed by atoms with Crippen LogP contribution in [0, 0.1) is 5.82 Å². The Bertz CT molecular complexity index is 1030. The van der Waals surface area contributed by atoms with Crippen LogP contribution >= 0.6 is 0 Å². The molecule has 1 aliphatic heterocycles. The van der Waals surface area contributed by atoms with Gasteiger partial charge in [-0.15, -0.1) is 0 Å². The summed E-state index contributed by atoms with van der Waals surface area (Å²) < 4.78 is 14.9. The molecule has 1 N–H and O–H groups in total. The van der Waals surface area contributed by atoms with E-state index in [4.69, 9.17) is 0 Å². The van der Waals surface area contributed by atoms with Crippen molar-refractivity contribution in [2.24, 2.45) is 0 Å². The molecule has 2 unspecified atom stereocenters. The first-order valence-corrected chi connectivity index (χ1v) is 8.69. The second-order valence-corrected chi connectivity index (χ2v) is 6.71. The predicted molar refractivity (Wildman–Crippen MR) is 96.4 cm³/mol. The number of halogens is 1. The minimum Gasteiger partial charge on any atom is -0.481 e. The summed E-state index contributed by atoms with van der Waals surface area (Å²) in [7, 11) is 0. The number of hydrogen-bond acceptors (Lipinski definition) is 3. The van der Waals surface area contributed by atoms with Gasteiger partial charge in [0, 0.05) is 6.54 Å². The minimum absolute atomic E-state index is 0.263. The predicted octanol–water partition coefficient (Wildman–Crippen LogP) is 3.29. The third kappa shape index (κ3) is 2.95. The van der Waals surface area contributed by atoms with E-state index in [0.717, 1.165) is 16.6 Å². The number of carboxylic acids is 1. The fourth-order valence-corrected chi connectivity index (χ4v) is 3.66. The summed E-state index contributed by atoms with van der Waals surface area (Å²) in [4.78, 5) is 30.9. The molecule has 1 amide bonds. The zero-order valence-corrected chi connectivity index (χ0v) is 14.7. The Morgan fingerprint density at radius 2 is 1.89 bits per heavy atom. The topological polar surface area (TPSA) is 75.4 Å². The monoisotopic (exact) mass is 367 g/mol. The molecule has 0 aliphatic carbocycles. The number of aliphatic carboxylic acids is 1. The largest absolute Gasteiger partial charge is 0.481 e. The first kappa shape index (κ1) is 17.2. The molecule has 27 heavy (non-hydrogen) atoms. The van der Waals surface area contributed by atoms with Crippen molar-refractivity contribution in [1.82, 2.24) is 14.5 Å². The van der Waals surface area contributed by atoms with E-state index in [1.165, 1.54) is 12.1 Å². The van der Waals surface area contributed by atoms with Crippen LogP contribution in [-0.4, -0.2) is 31.4 Å². The molecule has 1 aliphatic rings. The summed E-state index contributed by atoms with van der Waals surface area (Å²) in [5.41, 5.74) is 2.25. The Morgan fingerprint density at radius 1 is 1.19 bits per heavy atom. The maximum absolute atomic E-state index is 13.2. The van der Waals surface area contributed by atoms with Crippen LogP contribution in [0.4, 0.5) is 4.39 Å². The van der Waals surface area contributed by atoms with Gasteiger partial charge in [0.05, 0.1) is 23.5 Å². The molecule has 4 rings (SSSR count). The number of fused-ring (bicyclic) bond motifs is 3.